The minimum absolute atomic E-state index is 0.141. The summed E-state index contributed by atoms with van der Waals surface area (Å²) in [5.74, 6) is -1.65. The Morgan fingerprint density at radius 3 is 2.31 bits per heavy atom. The molecule has 1 heterocycles. The van der Waals surface area contributed by atoms with Crippen LogP contribution in [0.5, 0.6) is 0 Å². The third kappa shape index (κ3) is 2.55. The lowest BCUT2D eigenvalue weighted by molar-refractivity contribution is -0.148. The highest BCUT2D eigenvalue weighted by atomic mass is 19.4. The van der Waals surface area contributed by atoms with E-state index in [1.165, 1.54) is 6.20 Å². The van der Waals surface area contributed by atoms with Gasteiger partial charge in [-0.3, -0.25) is 5.10 Å². The Kier molecular flexibility index (Phi) is 3.33. The molecule has 1 atom stereocenters. The van der Waals surface area contributed by atoms with Gasteiger partial charge in [0, 0.05) is 23.2 Å². The van der Waals surface area contributed by atoms with Gasteiger partial charge in [-0.1, -0.05) is 20.8 Å². The molecule has 0 fully saturated rings. The van der Waals surface area contributed by atoms with Gasteiger partial charge < -0.3 is 5.73 Å². The molecule has 92 valence electrons. The third-order valence-corrected chi connectivity index (χ3v) is 2.42. The maximum atomic E-state index is 12.7. The average molecular weight is 235 g/mol. The summed E-state index contributed by atoms with van der Waals surface area (Å²) in [4.78, 5) is 0. The largest absolute Gasteiger partial charge is 0.397 e. The summed E-state index contributed by atoms with van der Waals surface area (Å²) < 4.78 is 38.2. The van der Waals surface area contributed by atoms with Crippen molar-refractivity contribution in [2.24, 2.45) is 5.73 Å². The maximum Gasteiger partial charge on any atom is 0.397 e. The first-order valence-corrected chi connectivity index (χ1v) is 4.98. The van der Waals surface area contributed by atoms with Crippen molar-refractivity contribution in [2.45, 2.75) is 38.3 Å². The Morgan fingerprint density at radius 2 is 1.94 bits per heavy atom. The van der Waals surface area contributed by atoms with E-state index in [4.69, 9.17) is 5.73 Å². The predicted molar refractivity (Wildman–Crippen MR) is 55.1 cm³/mol. The molecule has 1 aromatic rings. The molecular weight excluding hydrogens is 219 g/mol. The predicted octanol–water partition coefficient (Wildman–Crippen LogP) is 2.31. The first kappa shape index (κ1) is 13.0. The normalized spacial score (nSPS) is 15.2. The molecule has 0 aromatic carbocycles. The molecular formula is C10H16F3N3. The molecule has 1 aromatic heterocycles. The molecule has 1 unspecified atom stereocenters. The van der Waals surface area contributed by atoms with E-state index >= 15 is 0 Å². The van der Waals surface area contributed by atoms with Crippen LogP contribution in [0.2, 0.25) is 0 Å². The Hall–Kier alpha value is -1.04. The highest BCUT2D eigenvalue weighted by molar-refractivity contribution is 5.28. The van der Waals surface area contributed by atoms with E-state index in [-0.39, 0.29) is 5.56 Å². The zero-order valence-corrected chi connectivity index (χ0v) is 9.52. The van der Waals surface area contributed by atoms with E-state index in [0.29, 0.717) is 5.69 Å². The molecule has 0 saturated carbocycles. The summed E-state index contributed by atoms with van der Waals surface area (Å²) >= 11 is 0. The van der Waals surface area contributed by atoms with Gasteiger partial charge in [-0.05, 0) is 0 Å². The lowest BCUT2D eigenvalue weighted by Gasteiger charge is -2.24. The van der Waals surface area contributed by atoms with Gasteiger partial charge in [0.1, 0.15) is 0 Å². The van der Waals surface area contributed by atoms with Crippen LogP contribution in [0.15, 0.2) is 6.20 Å². The Morgan fingerprint density at radius 1 is 1.38 bits per heavy atom. The van der Waals surface area contributed by atoms with Crippen LogP contribution in [-0.2, 0) is 5.41 Å². The number of aromatic nitrogens is 2. The molecule has 3 nitrogen and oxygen atoms in total. The van der Waals surface area contributed by atoms with Crippen molar-refractivity contribution in [3.8, 4) is 0 Å². The van der Waals surface area contributed by atoms with Crippen LogP contribution in [0.25, 0.3) is 0 Å². The Bertz CT molecular complexity index is 349. The number of H-pyrrole nitrogens is 1. The van der Waals surface area contributed by atoms with E-state index in [9.17, 15) is 13.2 Å². The van der Waals surface area contributed by atoms with E-state index in [0.717, 1.165) is 0 Å². The first-order valence-electron chi connectivity index (χ1n) is 4.98. The fraction of sp³-hybridized carbons (Fsp3) is 0.700. The minimum atomic E-state index is -4.33. The van der Waals surface area contributed by atoms with Crippen LogP contribution in [-0.4, -0.2) is 22.9 Å². The lowest BCUT2D eigenvalue weighted by atomic mass is 9.85. The number of aromatic amines is 1. The Labute approximate surface area is 92.2 Å². The highest BCUT2D eigenvalue weighted by Crippen LogP contribution is 2.37. The fourth-order valence-corrected chi connectivity index (χ4v) is 1.60. The number of nitrogens with two attached hydrogens (primary N) is 1. The first-order chi connectivity index (χ1) is 7.18. The summed E-state index contributed by atoms with van der Waals surface area (Å²) in [6.07, 6.45) is -3.12. The van der Waals surface area contributed by atoms with Gasteiger partial charge in [0.2, 0.25) is 0 Å². The second kappa shape index (κ2) is 4.08. The van der Waals surface area contributed by atoms with Gasteiger partial charge in [0.05, 0.1) is 12.1 Å². The summed E-state index contributed by atoms with van der Waals surface area (Å²) in [5, 5.41) is 6.32. The summed E-state index contributed by atoms with van der Waals surface area (Å²) in [6, 6.07) is 0. The zero-order chi connectivity index (χ0) is 12.6. The van der Waals surface area contributed by atoms with Crippen molar-refractivity contribution in [3.05, 3.63) is 17.5 Å². The van der Waals surface area contributed by atoms with E-state index < -0.39 is 24.1 Å². The molecule has 0 spiro atoms. The molecule has 0 radical (unpaired) electrons. The van der Waals surface area contributed by atoms with Gasteiger partial charge in [-0.2, -0.15) is 18.3 Å². The molecule has 1 rings (SSSR count). The molecule has 0 saturated heterocycles. The minimum Gasteiger partial charge on any atom is -0.330 e. The van der Waals surface area contributed by atoms with E-state index in [2.05, 4.69) is 10.2 Å². The number of alkyl halides is 3. The number of halogens is 3. The SMILES string of the molecule is CC(C)(C)c1[nH]ncc1C(CN)C(F)(F)F. The van der Waals surface area contributed by atoms with Crippen molar-refractivity contribution in [1.82, 2.24) is 10.2 Å². The number of rotatable bonds is 2. The van der Waals surface area contributed by atoms with Gasteiger partial charge in [0.25, 0.3) is 0 Å². The second-order valence-electron chi connectivity index (χ2n) is 4.78. The van der Waals surface area contributed by atoms with Crippen LogP contribution in [0.1, 0.15) is 37.9 Å². The quantitative estimate of drug-likeness (QED) is 0.826. The fourth-order valence-electron chi connectivity index (χ4n) is 1.60. The van der Waals surface area contributed by atoms with Gasteiger partial charge >= 0.3 is 6.18 Å². The van der Waals surface area contributed by atoms with E-state index in [1.807, 2.05) is 20.8 Å². The highest BCUT2D eigenvalue weighted by Gasteiger charge is 2.42. The molecule has 0 aliphatic carbocycles. The molecule has 3 N–H and O–H groups in total. The maximum absolute atomic E-state index is 12.7. The third-order valence-electron chi connectivity index (χ3n) is 2.42. The van der Waals surface area contributed by atoms with E-state index in [1.54, 1.807) is 0 Å². The topological polar surface area (TPSA) is 54.7 Å². The van der Waals surface area contributed by atoms with Crippen molar-refractivity contribution in [1.29, 1.82) is 0 Å². The summed E-state index contributed by atoms with van der Waals surface area (Å²) in [6.45, 7) is 5.02. The van der Waals surface area contributed by atoms with Crippen molar-refractivity contribution < 1.29 is 13.2 Å². The number of hydrogen-bond donors (Lipinski definition) is 2. The second-order valence-corrected chi connectivity index (χ2v) is 4.78. The van der Waals surface area contributed by atoms with Crippen LogP contribution in [0.4, 0.5) is 13.2 Å². The molecule has 16 heavy (non-hydrogen) atoms. The molecule has 0 aliphatic rings. The number of nitrogens with zero attached hydrogens (tertiary/aromatic N) is 1. The van der Waals surface area contributed by atoms with Gasteiger partial charge in [0.15, 0.2) is 0 Å². The number of hydrogen-bond acceptors (Lipinski definition) is 2. The summed E-state index contributed by atoms with van der Waals surface area (Å²) in [7, 11) is 0. The zero-order valence-electron chi connectivity index (χ0n) is 9.52. The van der Waals surface area contributed by atoms with Gasteiger partial charge in [-0.25, -0.2) is 0 Å². The van der Waals surface area contributed by atoms with Crippen LogP contribution in [0, 0.1) is 0 Å². The van der Waals surface area contributed by atoms with Crippen molar-refractivity contribution in [2.75, 3.05) is 6.54 Å². The van der Waals surface area contributed by atoms with Crippen molar-refractivity contribution in [3.63, 3.8) is 0 Å². The molecule has 0 aliphatic heterocycles. The molecule has 0 amide bonds. The molecule has 0 bridgehead atoms. The Balaban J connectivity index is 3.18. The summed E-state index contributed by atoms with van der Waals surface area (Å²) in [5.41, 5.74) is 5.42. The molecule has 6 heteroatoms. The van der Waals surface area contributed by atoms with Crippen LogP contribution < -0.4 is 5.73 Å². The van der Waals surface area contributed by atoms with Crippen LogP contribution >= 0.6 is 0 Å². The average Bonchev–Trinajstić information content (AvgIpc) is 2.49. The monoisotopic (exact) mass is 235 g/mol. The lowest BCUT2D eigenvalue weighted by Crippen LogP contribution is -2.30. The standard InChI is InChI=1S/C10H16F3N3/c1-9(2,3)8-6(5-15-16-8)7(4-14)10(11,12)13/h5,7H,4,14H2,1-3H3,(H,15,16). The number of nitrogens with one attached hydrogen (secondary N) is 1. The smallest absolute Gasteiger partial charge is 0.330 e. The van der Waals surface area contributed by atoms with Crippen molar-refractivity contribution >= 4 is 0 Å². The van der Waals surface area contributed by atoms with Crippen LogP contribution in [0.3, 0.4) is 0 Å². The van der Waals surface area contributed by atoms with Gasteiger partial charge in [-0.15, -0.1) is 0 Å².